The highest BCUT2D eigenvalue weighted by Crippen LogP contribution is 2.33. The molecule has 1 aromatic rings. The van der Waals surface area contributed by atoms with Crippen LogP contribution in [0.3, 0.4) is 0 Å². The topological polar surface area (TPSA) is 56.1 Å². The number of nitriles is 1. The molecule has 4 nitrogen and oxygen atoms in total. The molecule has 2 aliphatic rings. The first-order valence-corrected chi connectivity index (χ1v) is 7.78. The van der Waals surface area contributed by atoms with E-state index in [9.17, 15) is 4.79 Å². The van der Waals surface area contributed by atoms with Gasteiger partial charge in [-0.25, -0.2) is 4.79 Å². The predicted molar refractivity (Wildman–Crippen MR) is 81.0 cm³/mol. The Kier molecular flexibility index (Phi) is 4.03. The van der Waals surface area contributed by atoms with Gasteiger partial charge in [-0.3, -0.25) is 0 Å². The van der Waals surface area contributed by atoms with Crippen molar-refractivity contribution in [1.82, 2.24) is 10.2 Å². The lowest BCUT2D eigenvalue weighted by Gasteiger charge is -2.30. The summed E-state index contributed by atoms with van der Waals surface area (Å²) in [5.41, 5.74) is 2.41. The molecule has 5 heteroatoms. The van der Waals surface area contributed by atoms with Crippen molar-refractivity contribution in [2.24, 2.45) is 5.92 Å². The number of nitrogens with one attached hydrogen (secondary N) is 1. The maximum atomic E-state index is 12.3. The maximum absolute atomic E-state index is 12.3. The minimum Gasteiger partial charge on any atom is -0.331 e. The van der Waals surface area contributed by atoms with Gasteiger partial charge in [0.1, 0.15) is 0 Å². The Morgan fingerprint density at radius 2 is 2.10 bits per heavy atom. The van der Waals surface area contributed by atoms with Gasteiger partial charge in [0.2, 0.25) is 0 Å². The number of benzene rings is 1. The summed E-state index contributed by atoms with van der Waals surface area (Å²) in [5, 5.41) is 12.8. The van der Waals surface area contributed by atoms with Crippen molar-refractivity contribution >= 4 is 17.6 Å². The van der Waals surface area contributed by atoms with Crippen molar-refractivity contribution in [2.75, 3.05) is 13.1 Å². The molecule has 110 valence electrons. The fourth-order valence-corrected chi connectivity index (χ4v) is 3.38. The van der Waals surface area contributed by atoms with E-state index in [0.29, 0.717) is 13.1 Å². The van der Waals surface area contributed by atoms with Crippen molar-refractivity contribution in [3.05, 3.63) is 34.3 Å². The summed E-state index contributed by atoms with van der Waals surface area (Å²) in [7, 11) is 0. The molecule has 2 amide bonds. The van der Waals surface area contributed by atoms with Crippen LogP contribution in [0.5, 0.6) is 0 Å². The van der Waals surface area contributed by atoms with E-state index in [1.54, 1.807) is 0 Å². The number of urea groups is 1. The first-order chi connectivity index (χ1) is 10.2. The monoisotopic (exact) mass is 303 g/mol. The Hall–Kier alpha value is -1.73. The summed E-state index contributed by atoms with van der Waals surface area (Å²) >= 11 is 6.00. The van der Waals surface area contributed by atoms with Crippen molar-refractivity contribution in [2.45, 2.75) is 31.7 Å². The first kappa shape index (κ1) is 14.2. The van der Waals surface area contributed by atoms with Crippen LogP contribution in [0.25, 0.3) is 0 Å². The minimum atomic E-state index is -0.0146. The van der Waals surface area contributed by atoms with Crippen LogP contribution < -0.4 is 5.32 Å². The summed E-state index contributed by atoms with van der Waals surface area (Å²) < 4.78 is 0. The summed E-state index contributed by atoms with van der Waals surface area (Å²) in [6, 6.07) is 8.23. The van der Waals surface area contributed by atoms with Crippen molar-refractivity contribution < 1.29 is 4.79 Å². The molecule has 0 aromatic heterocycles. The lowest BCUT2D eigenvalue weighted by Crippen LogP contribution is -2.45. The number of amides is 2. The highest BCUT2D eigenvalue weighted by atomic mass is 35.5. The van der Waals surface area contributed by atoms with E-state index in [4.69, 9.17) is 16.9 Å². The fourth-order valence-electron chi connectivity index (χ4n) is 3.19. The second-order valence-corrected chi connectivity index (χ2v) is 6.21. The van der Waals surface area contributed by atoms with Crippen molar-refractivity contribution in [1.29, 1.82) is 5.26 Å². The minimum absolute atomic E-state index is 0.0146. The number of carbonyl (C=O) groups is 1. The van der Waals surface area contributed by atoms with Gasteiger partial charge in [0.15, 0.2) is 0 Å². The van der Waals surface area contributed by atoms with Crippen LogP contribution in [0.1, 0.15) is 36.4 Å². The summed E-state index contributed by atoms with van der Waals surface area (Å²) in [5.74, 6) is 0.100. The molecule has 1 atom stereocenters. The summed E-state index contributed by atoms with van der Waals surface area (Å²) in [6.45, 7) is 1.34. The van der Waals surface area contributed by atoms with E-state index in [2.05, 4.69) is 11.4 Å². The third-order valence-electron chi connectivity index (χ3n) is 4.45. The molecule has 0 spiro atoms. The molecule has 1 unspecified atom stereocenters. The summed E-state index contributed by atoms with van der Waals surface area (Å²) in [4.78, 5) is 14.2. The molecule has 0 saturated carbocycles. The third-order valence-corrected chi connectivity index (χ3v) is 4.68. The van der Waals surface area contributed by atoms with Crippen LogP contribution in [0.15, 0.2) is 18.2 Å². The quantitative estimate of drug-likeness (QED) is 0.865. The van der Waals surface area contributed by atoms with Gasteiger partial charge in [0.05, 0.1) is 12.1 Å². The van der Waals surface area contributed by atoms with Gasteiger partial charge in [-0.1, -0.05) is 17.7 Å². The van der Waals surface area contributed by atoms with E-state index >= 15 is 0 Å². The molecule has 1 saturated heterocycles. The van der Waals surface area contributed by atoms with Gasteiger partial charge in [-0.15, -0.1) is 0 Å². The van der Waals surface area contributed by atoms with E-state index in [1.165, 1.54) is 11.1 Å². The van der Waals surface area contributed by atoms with E-state index < -0.39 is 0 Å². The maximum Gasteiger partial charge on any atom is 0.317 e. The number of piperidine rings is 1. The number of rotatable bonds is 1. The van der Waals surface area contributed by atoms with Crippen LogP contribution in [-0.2, 0) is 6.42 Å². The number of aryl methyl sites for hydroxylation is 1. The van der Waals surface area contributed by atoms with Gasteiger partial charge in [-0.2, -0.15) is 5.26 Å². The molecule has 21 heavy (non-hydrogen) atoms. The number of nitrogens with zero attached hydrogens (tertiary/aromatic N) is 2. The van der Waals surface area contributed by atoms with E-state index in [1.807, 2.05) is 23.1 Å². The molecule has 0 radical (unpaired) electrons. The summed E-state index contributed by atoms with van der Waals surface area (Å²) in [6.07, 6.45) is 3.44. The lowest BCUT2D eigenvalue weighted by atomic mass is 9.99. The number of hydrogen-bond acceptors (Lipinski definition) is 2. The highest BCUT2D eigenvalue weighted by molar-refractivity contribution is 6.30. The van der Waals surface area contributed by atoms with Crippen molar-refractivity contribution in [3.8, 4) is 6.07 Å². The third kappa shape index (κ3) is 2.98. The number of carbonyl (C=O) groups excluding carboxylic acids is 1. The zero-order valence-corrected chi connectivity index (χ0v) is 12.6. The first-order valence-electron chi connectivity index (χ1n) is 7.41. The van der Waals surface area contributed by atoms with E-state index in [0.717, 1.165) is 30.7 Å². The predicted octanol–water partition coefficient (Wildman–Crippen LogP) is 3.27. The normalized spacial score (nSPS) is 21.7. The standard InChI is InChI=1S/C16H18ClN3O/c17-13-2-3-14-12(9-13)1-4-15(14)19-16(21)20-7-5-11(10-18)6-8-20/h2-3,9,11,15H,1,4-8H2,(H,19,21). The Bertz CT molecular complexity index is 588. The number of hydrogen-bond donors (Lipinski definition) is 1. The molecule has 1 aromatic carbocycles. The van der Waals surface area contributed by atoms with Crippen LogP contribution in [0, 0.1) is 17.2 Å². The van der Waals surface area contributed by atoms with Crippen LogP contribution in [0.4, 0.5) is 4.79 Å². The molecule has 0 bridgehead atoms. The van der Waals surface area contributed by atoms with E-state index in [-0.39, 0.29) is 18.0 Å². The molecular weight excluding hydrogens is 286 g/mol. The number of halogens is 1. The largest absolute Gasteiger partial charge is 0.331 e. The lowest BCUT2D eigenvalue weighted by molar-refractivity contribution is 0.175. The van der Waals surface area contributed by atoms with Gasteiger partial charge in [0.25, 0.3) is 0 Å². The Balaban J connectivity index is 1.61. The number of fused-ring (bicyclic) bond motifs is 1. The molecule has 1 aliphatic carbocycles. The van der Waals surface area contributed by atoms with Gasteiger partial charge in [0, 0.05) is 24.0 Å². The molecule has 3 rings (SSSR count). The Morgan fingerprint density at radius 1 is 1.33 bits per heavy atom. The zero-order valence-electron chi connectivity index (χ0n) is 11.8. The molecule has 1 N–H and O–H groups in total. The SMILES string of the molecule is N#CC1CCN(C(=O)NC2CCc3cc(Cl)ccc32)CC1. The molecular formula is C16H18ClN3O. The smallest absolute Gasteiger partial charge is 0.317 e. The van der Waals surface area contributed by atoms with Gasteiger partial charge < -0.3 is 10.2 Å². The van der Waals surface area contributed by atoms with Gasteiger partial charge >= 0.3 is 6.03 Å². The molecule has 1 aliphatic heterocycles. The second-order valence-electron chi connectivity index (χ2n) is 5.77. The second kappa shape index (κ2) is 5.95. The van der Waals surface area contributed by atoms with Crippen LogP contribution in [0.2, 0.25) is 5.02 Å². The average molecular weight is 304 g/mol. The van der Waals surface area contributed by atoms with Crippen molar-refractivity contribution in [3.63, 3.8) is 0 Å². The van der Waals surface area contributed by atoms with Crippen LogP contribution in [-0.4, -0.2) is 24.0 Å². The highest BCUT2D eigenvalue weighted by Gasteiger charge is 2.28. The average Bonchev–Trinajstić information content (AvgIpc) is 2.89. The Labute approximate surface area is 129 Å². The zero-order chi connectivity index (χ0) is 14.8. The molecule has 1 fully saturated rings. The molecule has 1 heterocycles. The fraction of sp³-hybridized carbons (Fsp3) is 0.500. The van der Waals surface area contributed by atoms with Crippen LogP contribution >= 0.6 is 11.6 Å². The van der Waals surface area contributed by atoms with Gasteiger partial charge in [-0.05, 0) is 48.9 Å². The Morgan fingerprint density at radius 3 is 2.81 bits per heavy atom. The number of likely N-dealkylation sites (tertiary alicyclic amines) is 1.